The maximum atomic E-state index is 15.1. The number of nitrogens with zero attached hydrogens (tertiary/aromatic N) is 2. The Bertz CT molecular complexity index is 1250. The van der Waals surface area contributed by atoms with Gasteiger partial charge >= 0.3 is 0 Å². The number of nitrogens with one attached hydrogen (secondary N) is 2. The Labute approximate surface area is 195 Å². The number of hydrogen-bond donors (Lipinski definition) is 3. The number of aryl methyl sites for hydroxylation is 1. The van der Waals surface area contributed by atoms with E-state index >= 15 is 4.39 Å². The number of benzene rings is 1. The maximum absolute atomic E-state index is 15.1. The van der Waals surface area contributed by atoms with Gasteiger partial charge in [-0.2, -0.15) is 0 Å². The molecule has 3 aliphatic heterocycles. The zero-order valence-corrected chi connectivity index (χ0v) is 19.2. The molecule has 172 valence electrons. The van der Waals surface area contributed by atoms with Crippen LogP contribution >= 0.6 is 11.3 Å². The van der Waals surface area contributed by atoms with Crippen molar-refractivity contribution >= 4 is 38.8 Å². The van der Waals surface area contributed by atoms with E-state index in [0.717, 1.165) is 34.7 Å². The van der Waals surface area contributed by atoms with E-state index in [2.05, 4.69) is 20.5 Å². The molecule has 0 saturated carbocycles. The molecule has 9 heteroatoms. The number of ether oxygens (including phenoxy) is 1. The molecule has 2 bridgehead atoms. The van der Waals surface area contributed by atoms with Gasteiger partial charge < -0.3 is 26.0 Å². The normalized spacial score (nSPS) is 23.9. The van der Waals surface area contributed by atoms with Crippen molar-refractivity contribution in [1.29, 1.82) is 0 Å². The molecule has 2 unspecified atom stereocenters. The monoisotopic (exact) mass is 467 g/mol. The van der Waals surface area contributed by atoms with E-state index in [9.17, 15) is 4.79 Å². The second kappa shape index (κ2) is 7.85. The molecule has 3 aromatic rings. The first-order valence-electron chi connectivity index (χ1n) is 11.4. The fourth-order valence-electron chi connectivity index (χ4n) is 5.21. The van der Waals surface area contributed by atoms with Crippen molar-refractivity contribution in [2.45, 2.75) is 44.3 Å². The number of nitrogen functional groups attached to an aromatic ring is 1. The van der Waals surface area contributed by atoms with Gasteiger partial charge in [-0.25, -0.2) is 9.37 Å². The van der Waals surface area contributed by atoms with Crippen molar-refractivity contribution in [2.24, 2.45) is 0 Å². The van der Waals surface area contributed by atoms with E-state index in [0.29, 0.717) is 40.4 Å². The van der Waals surface area contributed by atoms with Crippen LogP contribution in [0.15, 0.2) is 24.3 Å². The molecule has 1 aromatic carbocycles. The lowest BCUT2D eigenvalue weighted by Crippen LogP contribution is -2.51. The molecule has 2 saturated heterocycles. The van der Waals surface area contributed by atoms with Crippen molar-refractivity contribution in [3.8, 4) is 5.75 Å². The van der Waals surface area contributed by atoms with Gasteiger partial charge in [0.25, 0.3) is 5.91 Å². The number of fused-ring (bicyclic) bond motifs is 4. The lowest BCUT2D eigenvalue weighted by Gasteiger charge is -2.35. The van der Waals surface area contributed by atoms with Crippen LogP contribution in [-0.2, 0) is 6.42 Å². The molecule has 6 rings (SSSR count). The highest BCUT2D eigenvalue weighted by Gasteiger charge is 2.33. The Morgan fingerprint density at radius 3 is 2.88 bits per heavy atom. The number of aromatic nitrogens is 1. The van der Waals surface area contributed by atoms with Crippen LogP contribution in [0.2, 0.25) is 0 Å². The van der Waals surface area contributed by atoms with Gasteiger partial charge in [0.1, 0.15) is 27.9 Å². The van der Waals surface area contributed by atoms with Gasteiger partial charge in [-0.15, -0.1) is 11.3 Å². The van der Waals surface area contributed by atoms with Crippen LogP contribution in [0, 0.1) is 12.7 Å². The summed E-state index contributed by atoms with van der Waals surface area (Å²) in [5.74, 6) is 0.00864. The topological polar surface area (TPSA) is 92.5 Å². The van der Waals surface area contributed by atoms with Crippen LogP contribution in [-0.4, -0.2) is 48.7 Å². The number of amides is 1. The summed E-state index contributed by atoms with van der Waals surface area (Å²) >= 11 is 1.27. The standard InChI is InChI=1S/C24H26FN5O2S/c1-12-2-5-17-21(26)22(33-24(17)27-12)23(31)29-15-6-18-19(25)7-16(8-20(18)32-11-15)30-9-13-3-4-14(10-30)28-13/h2,5,7-8,13-15,28H,3-4,6,9-11,26H2,1H3,(H,29,31)/t13?,14?,15-/m1/s1. The van der Waals surface area contributed by atoms with Gasteiger partial charge in [0.05, 0.1) is 11.7 Å². The summed E-state index contributed by atoms with van der Waals surface area (Å²) in [6.45, 7) is 3.96. The van der Waals surface area contributed by atoms with E-state index in [4.69, 9.17) is 10.5 Å². The van der Waals surface area contributed by atoms with Crippen molar-refractivity contribution in [1.82, 2.24) is 15.6 Å². The first-order valence-corrected chi connectivity index (χ1v) is 12.2. The number of piperazine rings is 1. The zero-order chi connectivity index (χ0) is 22.7. The van der Waals surface area contributed by atoms with Crippen LogP contribution in [0.5, 0.6) is 5.75 Å². The summed E-state index contributed by atoms with van der Waals surface area (Å²) in [7, 11) is 0. The molecule has 1 amide bonds. The molecular weight excluding hydrogens is 441 g/mol. The van der Waals surface area contributed by atoms with Crippen LogP contribution in [0.3, 0.4) is 0 Å². The molecule has 7 nitrogen and oxygen atoms in total. The van der Waals surface area contributed by atoms with E-state index in [1.54, 1.807) is 6.07 Å². The number of pyridine rings is 1. The van der Waals surface area contributed by atoms with E-state index in [-0.39, 0.29) is 24.4 Å². The summed E-state index contributed by atoms with van der Waals surface area (Å²) in [5.41, 5.74) is 8.89. The lowest BCUT2D eigenvalue weighted by molar-refractivity contribution is 0.0919. The van der Waals surface area contributed by atoms with Gasteiger partial charge in [0, 0.05) is 60.0 Å². The summed E-state index contributed by atoms with van der Waals surface area (Å²) in [6.07, 6.45) is 2.72. The highest BCUT2D eigenvalue weighted by Crippen LogP contribution is 2.35. The SMILES string of the molecule is Cc1ccc2c(N)c(C(=O)N[C@H]3COc4cc(N5CC6CCC(C5)N6)cc(F)c4C3)sc2n1. The third-order valence-electron chi connectivity index (χ3n) is 6.89. The summed E-state index contributed by atoms with van der Waals surface area (Å²) in [5, 5.41) is 7.35. The number of thiophene rings is 1. The Hall–Kier alpha value is -2.91. The van der Waals surface area contributed by atoms with Crippen molar-refractivity contribution in [3.05, 3.63) is 46.2 Å². The van der Waals surface area contributed by atoms with Crippen LogP contribution in [0.25, 0.3) is 10.2 Å². The summed E-state index contributed by atoms with van der Waals surface area (Å²) in [4.78, 5) is 20.8. The summed E-state index contributed by atoms with van der Waals surface area (Å²) in [6, 6.07) is 7.93. The number of halogens is 1. The van der Waals surface area contributed by atoms with Crippen molar-refractivity contribution < 1.29 is 13.9 Å². The quantitative estimate of drug-likeness (QED) is 0.549. The molecule has 4 N–H and O–H groups in total. The first kappa shape index (κ1) is 20.7. The average Bonchev–Trinajstić information content (AvgIpc) is 3.31. The minimum atomic E-state index is -0.334. The lowest BCUT2D eigenvalue weighted by atomic mass is 10.0. The smallest absolute Gasteiger partial charge is 0.263 e. The largest absolute Gasteiger partial charge is 0.491 e. The molecule has 2 aromatic heterocycles. The molecule has 33 heavy (non-hydrogen) atoms. The van der Waals surface area contributed by atoms with Gasteiger partial charge in [0.15, 0.2) is 0 Å². The number of hydrogen-bond acceptors (Lipinski definition) is 7. The minimum absolute atomic E-state index is 0.279. The Morgan fingerprint density at radius 2 is 2.09 bits per heavy atom. The second-order valence-electron chi connectivity index (χ2n) is 9.28. The van der Waals surface area contributed by atoms with Gasteiger partial charge in [0.2, 0.25) is 0 Å². The maximum Gasteiger partial charge on any atom is 0.263 e. The first-order chi connectivity index (χ1) is 15.9. The second-order valence-corrected chi connectivity index (χ2v) is 10.3. The fourth-order valence-corrected chi connectivity index (χ4v) is 6.26. The van der Waals surface area contributed by atoms with E-state index < -0.39 is 0 Å². The van der Waals surface area contributed by atoms with E-state index in [1.165, 1.54) is 24.2 Å². The number of rotatable bonds is 3. The Morgan fingerprint density at radius 1 is 1.30 bits per heavy atom. The summed E-state index contributed by atoms with van der Waals surface area (Å²) < 4.78 is 21.0. The molecular formula is C24H26FN5O2S. The Kier molecular flexibility index (Phi) is 4.92. The molecule has 0 radical (unpaired) electrons. The van der Waals surface area contributed by atoms with Gasteiger partial charge in [-0.1, -0.05) is 0 Å². The minimum Gasteiger partial charge on any atom is -0.491 e. The van der Waals surface area contributed by atoms with Crippen molar-refractivity contribution in [3.63, 3.8) is 0 Å². The molecule has 0 spiro atoms. The van der Waals surface area contributed by atoms with Gasteiger partial charge in [-0.3, -0.25) is 4.79 Å². The Balaban J connectivity index is 1.19. The van der Waals surface area contributed by atoms with Crippen LogP contribution in [0.1, 0.15) is 33.8 Å². The van der Waals surface area contributed by atoms with Crippen LogP contribution < -0.4 is 26.0 Å². The predicted molar refractivity (Wildman–Crippen MR) is 128 cm³/mol. The van der Waals surface area contributed by atoms with Gasteiger partial charge in [-0.05, 0) is 38.0 Å². The van der Waals surface area contributed by atoms with Crippen molar-refractivity contribution in [2.75, 3.05) is 30.3 Å². The zero-order valence-electron chi connectivity index (χ0n) is 18.4. The fraction of sp³-hybridized carbons (Fsp3) is 0.417. The third-order valence-corrected chi connectivity index (χ3v) is 8.00. The highest BCUT2D eigenvalue weighted by molar-refractivity contribution is 7.21. The highest BCUT2D eigenvalue weighted by atomic mass is 32.1. The number of anilines is 2. The third kappa shape index (κ3) is 3.69. The molecule has 3 atom stereocenters. The van der Waals surface area contributed by atoms with Crippen LogP contribution in [0.4, 0.5) is 15.8 Å². The predicted octanol–water partition coefficient (Wildman–Crippen LogP) is 3.00. The molecule has 0 aliphatic carbocycles. The van der Waals surface area contributed by atoms with E-state index in [1.807, 2.05) is 25.1 Å². The number of carbonyl (C=O) groups is 1. The molecule has 2 fully saturated rings. The molecule has 5 heterocycles. The number of carbonyl (C=O) groups excluding carboxylic acids is 1. The number of nitrogens with two attached hydrogens (primary N) is 1. The molecule has 3 aliphatic rings. The average molecular weight is 468 g/mol.